The standard InChI is InChI=1S/C22H30ClN9O/c1-15-11-31(29-26-15)12-20-13-32(19(14-33-20)10-16-2-4-17(23)5-3-16)18-6-8-30(9-7-18)22-25-21(24)27-28-22/h2-5,11,18-20H,6-10,12-14H2,1H3,(H3,24,25,27,28)/t19-,20-/m0/s1. The van der Waals surface area contributed by atoms with Crippen molar-refractivity contribution in [3.05, 3.63) is 46.7 Å². The molecule has 10 nitrogen and oxygen atoms in total. The minimum absolute atomic E-state index is 0.0819. The van der Waals surface area contributed by atoms with Crippen LogP contribution in [0.5, 0.6) is 0 Å². The van der Waals surface area contributed by atoms with Gasteiger partial charge in [0.2, 0.25) is 11.9 Å². The van der Waals surface area contributed by atoms with Crippen LogP contribution >= 0.6 is 11.6 Å². The molecule has 2 aliphatic heterocycles. The van der Waals surface area contributed by atoms with Gasteiger partial charge in [0.05, 0.1) is 24.9 Å². The van der Waals surface area contributed by atoms with Crippen LogP contribution in [0.2, 0.25) is 5.02 Å². The van der Waals surface area contributed by atoms with Crippen molar-refractivity contribution < 1.29 is 4.74 Å². The molecule has 4 heterocycles. The number of morpholine rings is 1. The van der Waals surface area contributed by atoms with Crippen molar-refractivity contribution in [2.75, 3.05) is 36.9 Å². The van der Waals surface area contributed by atoms with E-state index in [9.17, 15) is 0 Å². The van der Waals surface area contributed by atoms with Crippen LogP contribution in [0.15, 0.2) is 30.5 Å². The Balaban J connectivity index is 1.28. The molecule has 3 N–H and O–H groups in total. The van der Waals surface area contributed by atoms with Gasteiger partial charge in [-0.25, -0.2) is 9.78 Å². The summed E-state index contributed by atoms with van der Waals surface area (Å²) in [4.78, 5) is 9.14. The number of nitrogens with zero attached hydrogens (tertiary/aromatic N) is 7. The average Bonchev–Trinajstić information content (AvgIpc) is 3.44. The molecule has 0 saturated carbocycles. The molecule has 2 aliphatic rings. The molecular formula is C22H30ClN9O. The predicted octanol–water partition coefficient (Wildman–Crippen LogP) is 1.92. The molecule has 33 heavy (non-hydrogen) atoms. The Labute approximate surface area is 198 Å². The first-order valence-corrected chi connectivity index (χ1v) is 11.8. The van der Waals surface area contributed by atoms with Crippen LogP contribution in [0.25, 0.3) is 0 Å². The summed E-state index contributed by atoms with van der Waals surface area (Å²) >= 11 is 6.10. The molecule has 0 bridgehead atoms. The highest BCUT2D eigenvalue weighted by Gasteiger charge is 2.36. The first-order valence-electron chi connectivity index (χ1n) is 11.4. The molecule has 11 heteroatoms. The number of nitrogen functional groups attached to an aromatic ring is 1. The lowest BCUT2D eigenvalue weighted by atomic mass is 9.96. The van der Waals surface area contributed by atoms with Gasteiger partial charge in [-0.3, -0.25) is 4.90 Å². The zero-order valence-corrected chi connectivity index (χ0v) is 19.5. The highest BCUT2D eigenvalue weighted by Crippen LogP contribution is 2.27. The third-order valence-electron chi connectivity index (χ3n) is 6.54. The van der Waals surface area contributed by atoms with E-state index in [1.807, 2.05) is 29.9 Å². The smallest absolute Gasteiger partial charge is 0.246 e. The molecule has 5 rings (SSSR count). The first kappa shape index (κ1) is 22.1. The minimum Gasteiger partial charge on any atom is -0.373 e. The van der Waals surface area contributed by atoms with Gasteiger partial charge in [0.15, 0.2) is 0 Å². The molecule has 2 aromatic heterocycles. The number of nitrogens with one attached hydrogen (secondary N) is 1. The molecule has 2 fully saturated rings. The van der Waals surface area contributed by atoms with Crippen molar-refractivity contribution in [1.82, 2.24) is 35.1 Å². The van der Waals surface area contributed by atoms with Gasteiger partial charge < -0.3 is 15.4 Å². The van der Waals surface area contributed by atoms with E-state index in [0.717, 1.165) is 49.6 Å². The van der Waals surface area contributed by atoms with Crippen LogP contribution in [0, 0.1) is 6.92 Å². The number of benzene rings is 1. The number of H-pyrrole nitrogens is 1. The van der Waals surface area contributed by atoms with Gasteiger partial charge in [-0.05, 0) is 43.9 Å². The maximum absolute atomic E-state index is 6.31. The summed E-state index contributed by atoms with van der Waals surface area (Å²) in [7, 11) is 0. The number of rotatable bonds is 6. The van der Waals surface area contributed by atoms with Crippen molar-refractivity contribution in [2.24, 2.45) is 0 Å². The predicted molar refractivity (Wildman–Crippen MR) is 126 cm³/mol. The lowest BCUT2D eigenvalue weighted by Gasteiger charge is -2.46. The zero-order chi connectivity index (χ0) is 22.8. The molecule has 3 aromatic rings. The average molecular weight is 472 g/mol. The SMILES string of the molecule is Cc1cn(C[C@H]2CN(C3CCN(c4n[nH]c(N)n4)CC3)[C@@H](Cc3ccc(Cl)cc3)CO2)nn1. The quantitative estimate of drug-likeness (QED) is 0.560. The monoisotopic (exact) mass is 471 g/mol. The van der Waals surface area contributed by atoms with E-state index in [-0.39, 0.29) is 6.10 Å². The fourth-order valence-corrected chi connectivity index (χ4v) is 5.03. The highest BCUT2D eigenvalue weighted by molar-refractivity contribution is 6.30. The number of ether oxygens (including phenoxy) is 1. The Morgan fingerprint density at radius 2 is 2.00 bits per heavy atom. The van der Waals surface area contributed by atoms with E-state index >= 15 is 0 Å². The van der Waals surface area contributed by atoms with Crippen LogP contribution < -0.4 is 10.6 Å². The van der Waals surface area contributed by atoms with Crippen LogP contribution in [0.3, 0.4) is 0 Å². The number of aromatic nitrogens is 6. The maximum atomic E-state index is 6.31. The van der Waals surface area contributed by atoms with Crippen molar-refractivity contribution in [2.45, 2.75) is 50.9 Å². The van der Waals surface area contributed by atoms with Gasteiger partial charge >= 0.3 is 0 Å². The Morgan fingerprint density at radius 1 is 1.21 bits per heavy atom. The minimum atomic E-state index is 0.0819. The van der Waals surface area contributed by atoms with Crippen LogP contribution in [-0.2, 0) is 17.7 Å². The molecule has 0 amide bonds. The summed E-state index contributed by atoms with van der Waals surface area (Å²) in [5.74, 6) is 1.04. The number of hydrogen-bond donors (Lipinski definition) is 2. The number of nitrogens with two attached hydrogens (primary N) is 1. The number of anilines is 2. The van der Waals surface area contributed by atoms with Gasteiger partial charge in [0.1, 0.15) is 0 Å². The molecule has 2 saturated heterocycles. The topological polar surface area (TPSA) is 114 Å². The van der Waals surface area contributed by atoms with Crippen molar-refractivity contribution in [3.63, 3.8) is 0 Å². The van der Waals surface area contributed by atoms with Gasteiger partial charge in [0.25, 0.3) is 0 Å². The maximum Gasteiger partial charge on any atom is 0.246 e. The second kappa shape index (κ2) is 9.66. The van der Waals surface area contributed by atoms with E-state index in [2.05, 4.69) is 47.4 Å². The second-order valence-corrected chi connectivity index (χ2v) is 9.39. The second-order valence-electron chi connectivity index (χ2n) is 8.96. The van der Waals surface area contributed by atoms with E-state index in [4.69, 9.17) is 22.1 Å². The summed E-state index contributed by atoms with van der Waals surface area (Å²) in [6, 6.07) is 8.93. The third kappa shape index (κ3) is 5.29. The highest BCUT2D eigenvalue weighted by atomic mass is 35.5. The van der Waals surface area contributed by atoms with Gasteiger partial charge in [0, 0.05) is 42.9 Å². The summed E-state index contributed by atoms with van der Waals surface area (Å²) < 4.78 is 8.19. The van der Waals surface area contributed by atoms with E-state index in [1.165, 1.54) is 5.56 Å². The fourth-order valence-electron chi connectivity index (χ4n) is 4.90. The molecule has 0 unspecified atom stereocenters. The van der Waals surface area contributed by atoms with Gasteiger partial charge in [-0.2, -0.15) is 4.98 Å². The normalized spacial score (nSPS) is 22.7. The van der Waals surface area contributed by atoms with Crippen LogP contribution in [0.4, 0.5) is 11.9 Å². The van der Waals surface area contributed by atoms with Crippen molar-refractivity contribution in [1.29, 1.82) is 0 Å². The van der Waals surface area contributed by atoms with Crippen molar-refractivity contribution >= 4 is 23.5 Å². The van der Waals surface area contributed by atoms with E-state index in [1.54, 1.807) is 0 Å². The first-order chi connectivity index (χ1) is 16.0. The van der Waals surface area contributed by atoms with E-state index < -0.39 is 0 Å². The molecule has 176 valence electrons. The van der Waals surface area contributed by atoms with E-state index in [0.29, 0.717) is 37.1 Å². The number of piperidine rings is 1. The molecule has 2 atom stereocenters. The van der Waals surface area contributed by atoms with Gasteiger partial charge in [-0.15, -0.1) is 10.2 Å². The molecular weight excluding hydrogens is 442 g/mol. The largest absolute Gasteiger partial charge is 0.373 e. The number of hydrogen-bond acceptors (Lipinski definition) is 8. The molecule has 0 aliphatic carbocycles. The van der Waals surface area contributed by atoms with Crippen LogP contribution in [-0.4, -0.2) is 79.5 Å². The Bertz CT molecular complexity index is 1040. The lowest BCUT2D eigenvalue weighted by molar-refractivity contribution is -0.0884. The fraction of sp³-hybridized carbons (Fsp3) is 0.545. The van der Waals surface area contributed by atoms with Crippen molar-refractivity contribution in [3.8, 4) is 0 Å². The number of aryl methyl sites for hydroxylation is 1. The molecule has 0 spiro atoms. The van der Waals surface area contributed by atoms with Gasteiger partial charge in [-0.1, -0.05) is 28.9 Å². The molecule has 0 radical (unpaired) electrons. The summed E-state index contributed by atoms with van der Waals surface area (Å²) in [5, 5.41) is 16.0. The summed E-state index contributed by atoms with van der Waals surface area (Å²) in [6.07, 6.45) is 5.07. The zero-order valence-electron chi connectivity index (χ0n) is 18.8. The summed E-state index contributed by atoms with van der Waals surface area (Å²) in [5.41, 5.74) is 7.91. The number of aromatic amines is 1. The Morgan fingerprint density at radius 3 is 2.67 bits per heavy atom. The van der Waals surface area contributed by atoms with Crippen LogP contribution in [0.1, 0.15) is 24.1 Å². The number of halogens is 1. The third-order valence-corrected chi connectivity index (χ3v) is 6.80. The summed E-state index contributed by atoms with van der Waals surface area (Å²) in [6.45, 7) is 6.03. The Hall–Kier alpha value is -2.69. The Kier molecular flexibility index (Phi) is 6.48. The lowest BCUT2D eigenvalue weighted by Crippen LogP contribution is -2.58. The molecule has 1 aromatic carbocycles.